The molecular formula is C59H51N. The van der Waals surface area contributed by atoms with Gasteiger partial charge in [0.1, 0.15) is 0 Å². The maximum absolute atomic E-state index is 2.62. The van der Waals surface area contributed by atoms with Crippen LogP contribution in [0.25, 0.3) is 33.4 Å². The zero-order valence-electron chi connectivity index (χ0n) is 35.6. The third kappa shape index (κ3) is 5.18. The van der Waals surface area contributed by atoms with E-state index >= 15 is 0 Å². The summed E-state index contributed by atoms with van der Waals surface area (Å²) in [4.78, 5) is 2.54. The Bertz CT molecular complexity index is 2910. The van der Waals surface area contributed by atoms with Crippen molar-refractivity contribution in [2.75, 3.05) is 4.90 Å². The molecule has 0 fully saturated rings. The Balaban J connectivity index is 1.23. The van der Waals surface area contributed by atoms with Crippen LogP contribution in [-0.4, -0.2) is 0 Å². The molecule has 292 valence electrons. The lowest BCUT2D eigenvalue weighted by molar-refractivity contribution is 0.403. The highest BCUT2D eigenvalue weighted by molar-refractivity contribution is 5.99. The summed E-state index contributed by atoms with van der Waals surface area (Å²) in [6, 6.07) is 71.0. The van der Waals surface area contributed by atoms with E-state index in [1.807, 2.05) is 0 Å². The highest BCUT2D eigenvalue weighted by Gasteiger charge is 2.51. The van der Waals surface area contributed by atoms with Crippen LogP contribution in [0.4, 0.5) is 17.1 Å². The number of benzene rings is 8. The summed E-state index contributed by atoms with van der Waals surface area (Å²) in [7, 11) is 0. The van der Waals surface area contributed by atoms with E-state index in [0.29, 0.717) is 0 Å². The molecule has 0 saturated heterocycles. The molecule has 60 heavy (non-hydrogen) atoms. The van der Waals surface area contributed by atoms with Crippen molar-refractivity contribution < 1.29 is 0 Å². The van der Waals surface area contributed by atoms with Gasteiger partial charge in [-0.1, -0.05) is 193 Å². The minimum Gasteiger partial charge on any atom is -0.310 e. The van der Waals surface area contributed by atoms with Crippen LogP contribution in [0.2, 0.25) is 0 Å². The van der Waals surface area contributed by atoms with Crippen molar-refractivity contribution >= 4 is 17.1 Å². The first-order valence-electron chi connectivity index (χ1n) is 21.6. The summed E-state index contributed by atoms with van der Waals surface area (Å²) in [5, 5.41) is 0. The molecule has 0 radical (unpaired) electrons. The number of rotatable bonds is 6. The molecule has 8 aromatic rings. The third-order valence-corrected chi connectivity index (χ3v) is 14.3. The van der Waals surface area contributed by atoms with Gasteiger partial charge in [-0.3, -0.25) is 0 Å². The lowest BCUT2D eigenvalue weighted by Gasteiger charge is -2.35. The van der Waals surface area contributed by atoms with E-state index in [1.165, 1.54) is 83.6 Å². The predicted octanol–water partition coefficient (Wildman–Crippen LogP) is 15.5. The van der Waals surface area contributed by atoms with E-state index < -0.39 is 5.41 Å². The van der Waals surface area contributed by atoms with E-state index in [2.05, 4.69) is 234 Å². The maximum Gasteiger partial charge on any atom is 0.0714 e. The van der Waals surface area contributed by atoms with Gasteiger partial charge in [0, 0.05) is 22.4 Å². The molecule has 0 atom stereocenters. The summed E-state index contributed by atoms with van der Waals surface area (Å²) < 4.78 is 0. The number of hydrogen-bond donors (Lipinski definition) is 0. The Hall–Kier alpha value is -6.44. The van der Waals surface area contributed by atoms with E-state index in [0.717, 1.165) is 17.8 Å². The van der Waals surface area contributed by atoms with Gasteiger partial charge in [0.2, 0.25) is 0 Å². The van der Waals surface area contributed by atoms with Crippen molar-refractivity contribution in [3.8, 4) is 33.4 Å². The summed E-state index contributed by atoms with van der Waals surface area (Å²) >= 11 is 0. The topological polar surface area (TPSA) is 3.24 Å². The predicted molar refractivity (Wildman–Crippen MR) is 252 cm³/mol. The first kappa shape index (κ1) is 36.6. The van der Waals surface area contributed by atoms with Gasteiger partial charge in [0.25, 0.3) is 0 Å². The highest BCUT2D eigenvalue weighted by atomic mass is 15.1. The minimum absolute atomic E-state index is 0.0425. The highest BCUT2D eigenvalue weighted by Crippen LogP contribution is 2.63. The molecule has 0 aromatic heterocycles. The second kappa shape index (κ2) is 13.0. The molecule has 0 bridgehead atoms. The van der Waals surface area contributed by atoms with Crippen LogP contribution < -0.4 is 4.90 Å². The average molecular weight is 774 g/mol. The van der Waals surface area contributed by atoms with Crippen LogP contribution in [-0.2, 0) is 21.7 Å². The van der Waals surface area contributed by atoms with Gasteiger partial charge in [-0.05, 0) is 126 Å². The first-order chi connectivity index (χ1) is 29.0. The van der Waals surface area contributed by atoms with Crippen LogP contribution in [0.15, 0.2) is 188 Å². The Morgan fingerprint density at radius 2 is 0.900 bits per heavy atom. The molecule has 0 amide bonds. The van der Waals surface area contributed by atoms with E-state index in [1.54, 1.807) is 0 Å². The molecule has 11 rings (SSSR count). The minimum atomic E-state index is -0.523. The van der Waals surface area contributed by atoms with E-state index in [9.17, 15) is 0 Å². The van der Waals surface area contributed by atoms with Crippen molar-refractivity contribution in [2.45, 2.75) is 69.6 Å². The fraction of sp³-hybridized carbons (Fsp3) is 0.186. The fourth-order valence-corrected chi connectivity index (χ4v) is 11.9. The lowest BCUT2D eigenvalue weighted by atomic mass is 9.67. The molecule has 0 unspecified atom stereocenters. The van der Waals surface area contributed by atoms with Crippen LogP contribution in [0.3, 0.4) is 0 Å². The Kier molecular flexibility index (Phi) is 7.95. The molecule has 0 aliphatic heterocycles. The van der Waals surface area contributed by atoms with Crippen molar-refractivity contribution in [3.63, 3.8) is 0 Å². The molecule has 0 spiro atoms. The third-order valence-electron chi connectivity index (χ3n) is 14.3. The Morgan fingerprint density at radius 3 is 1.57 bits per heavy atom. The molecular weight excluding hydrogens is 723 g/mol. The number of fused-ring (bicyclic) bond motifs is 7. The number of anilines is 3. The van der Waals surface area contributed by atoms with Gasteiger partial charge < -0.3 is 4.90 Å². The molecule has 1 nitrogen and oxygen atoms in total. The zero-order valence-corrected chi connectivity index (χ0v) is 35.6. The number of hydrogen-bond acceptors (Lipinski definition) is 1. The van der Waals surface area contributed by atoms with Gasteiger partial charge >= 0.3 is 0 Å². The molecule has 3 aliphatic carbocycles. The summed E-state index contributed by atoms with van der Waals surface area (Å²) in [6.45, 7) is 14.5. The van der Waals surface area contributed by atoms with Gasteiger partial charge in [0.05, 0.1) is 11.1 Å². The second-order valence-electron chi connectivity index (χ2n) is 19.2. The standard InChI is InChI=1S/C59H51N/c1-56(2)38-57(3,4)53-37-51-47(36-52(53)56)55-50(59(51,41-21-12-8-13-22-41)42-23-14-9-15-24-42)27-18-28-54(55)60(43-31-29-40(30-32-43)39-19-10-7-11-20-39)44-33-34-49-46(35-44)45-25-16-17-26-48(45)58(49,5)6/h7-37H,38H2,1-6H3. The van der Waals surface area contributed by atoms with E-state index in [4.69, 9.17) is 0 Å². The summed E-state index contributed by atoms with van der Waals surface area (Å²) in [5.41, 5.74) is 21.7. The van der Waals surface area contributed by atoms with Crippen LogP contribution in [0, 0.1) is 0 Å². The summed E-state index contributed by atoms with van der Waals surface area (Å²) in [5.74, 6) is 0. The zero-order chi connectivity index (χ0) is 41.0. The maximum atomic E-state index is 2.62. The van der Waals surface area contributed by atoms with Crippen molar-refractivity contribution in [2.24, 2.45) is 0 Å². The molecule has 3 aliphatic rings. The van der Waals surface area contributed by atoms with Crippen LogP contribution in [0.5, 0.6) is 0 Å². The van der Waals surface area contributed by atoms with Gasteiger partial charge in [-0.15, -0.1) is 0 Å². The molecule has 1 heteroatoms. The molecule has 0 N–H and O–H groups in total. The normalized spacial score (nSPS) is 16.6. The quantitative estimate of drug-likeness (QED) is 0.163. The smallest absolute Gasteiger partial charge is 0.0714 e. The van der Waals surface area contributed by atoms with Crippen molar-refractivity contribution in [1.82, 2.24) is 0 Å². The van der Waals surface area contributed by atoms with Crippen LogP contribution >= 0.6 is 0 Å². The lowest BCUT2D eigenvalue weighted by Crippen LogP contribution is -2.29. The van der Waals surface area contributed by atoms with Crippen molar-refractivity contribution in [1.29, 1.82) is 0 Å². The largest absolute Gasteiger partial charge is 0.310 e. The summed E-state index contributed by atoms with van der Waals surface area (Å²) in [6.07, 6.45) is 1.11. The van der Waals surface area contributed by atoms with E-state index in [-0.39, 0.29) is 16.2 Å². The monoisotopic (exact) mass is 773 g/mol. The first-order valence-corrected chi connectivity index (χ1v) is 21.6. The number of nitrogens with zero attached hydrogens (tertiary/aromatic N) is 1. The van der Waals surface area contributed by atoms with Gasteiger partial charge in [-0.2, -0.15) is 0 Å². The Morgan fingerprint density at radius 1 is 0.367 bits per heavy atom. The second-order valence-corrected chi connectivity index (χ2v) is 19.2. The Labute approximate surface area is 356 Å². The molecule has 0 heterocycles. The molecule has 8 aromatic carbocycles. The van der Waals surface area contributed by atoms with Gasteiger partial charge in [0.15, 0.2) is 0 Å². The average Bonchev–Trinajstić information content (AvgIpc) is 3.77. The fourth-order valence-electron chi connectivity index (χ4n) is 11.9. The SMILES string of the molecule is CC1(C)CC(C)(C)c2cc3c(cc21)-c1c(N(c2ccc(-c4ccccc4)cc2)c2ccc4c(c2)-c2ccccc2C4(C)C)cccc1C3(c1ccccc1)c1ccccc1. The van der Waals surface area contributed by atoms with Gasteiger partial charge in [-0.25, -0.2) is 0 Å². The van der Waals surface area contributed by atoms with Crippen LogP contribution in [0.1, 0.15) is 92.5 Å². The molecule has 0 saturated carbocycles. The van der Waals surface area contributed by atoms with Crippen molar-refractivity contribution in [3.05, 3.63) is 233 Å².